The first kappa shape index (κ1) is 7.51. The van der Waals surface area contributed by atoms with Gasteiger partial charge in [0, 0.05) is 11.8 Å². The third-order valence-corrected chi connectivity index (χ3v) is 1.55. The maximum Gasteiger partial charge on any atom is 0.134 e. The summed E-state index contributed by atoms with van der Waals surface area (Å²) in [6.07, 6.45) is 1.05. The lowest BCUT2D eigenvalue weighted by atomic mass is 10.2. The molecule has 0 saturated carbocycles. The number of aliphatic hydroxyl groups excluding tert-OH is 1. The highest BCUT2D eigenvalue weighted by atomic mass is 35.5. The quantitative estimate of drug-likeness (QED) is 0.631. The number of nitrogens with zero attached hydrogens (tertiary/aromatic N) is 1. The van der Waals surface area contributed by atoms with Gasteiger partial charge in [-0.15, -0.1) is 0 Å². The van der Waals surface area contributed by atoms with Crippen LogP contribution in [0, 0.1) is 0 Å². The predicted molar refractivity (Wildman–Crippen MR) is 39.9 cm³/mol. The van der Waals surface area contributed by atoms with E-state index in [2.05, 4.69) is 4.98 Å². The summed E-state index contributed by atoms with van der Waals surface area (Å²) in [5.74, 6) is 0. The Bertz CT molecular complexity index is 225. The van der Waals surface area contributed by atoms with Crippen molar-refractivity contribution in [2.45, 2.75) is 13.0 Å². The lowest BCUT2D eigenvalue weighted by molar-refractivity contribution is 0.199. The fourth-order valence-corrected chi connectivity index (χ4v) is 0.987. The van der Waals surface area contributed by atoms with E-state index in [9.17, 15) is 0 Å². The Hall–Kier alpha value is -0.600. The number of halogens is 1. The molecule has 0 amide bonds. The highest BCUT2D eigenvalue weighted by molar-refractivity contribution is 6.30. The number of aliphatic hydroxyl groups is 1. The molecular weight excluding hydrogens is 150 g/mol. The summed E-state index contributed by atoms with van der Waals surface area (Å²) in [6.45, 7) is 1.66. The summed E-state index contributed by atoms with van der Waals surface area (Å²) >= 11 is 5.65. The number of rotatable bonds is 1. The number of hydrogen-bond donors (Lipinski definition) is 1. The fraction of sp³-hybridized carbons (Fsp3) is 0.286. The monoisotopic (exact) mass is 157 g/mol. The van der Waals surface area contributed by atoms with E-state index in [-0.39, 0.29) is 0 Å². The molecule has 1 heterocycles. The van der Waals surface area contributed by atoms with Crippen molar-refractivity contribution in [3.63, 3.8) is 0 Å². The summed E-state index contributed by atoms with van der Waals surface area (Å²) in [6, 6.07) is 3.49. The molecule has 0 aliphatic carbocycles. The zero-order valence-electron chi connectivity index (χ0n) is 5.58. The van der Waals surface area contributed by atoms with E-state index < -0.39 is 6.10 Å². The fourth-order valence-electron chi connectivity index (χ4n) is 0.710. The van der Waals surface area contributed by atoms with Crippen LogP contribution in [0.4, 0.5) is 0 Å². The molecule has 0 bridgehead atoms. The van der Waals surface area contributed by atoms with Crippen LogP contribution in [0.1, 0.15) is 18.6 Å². The van der Waals surface area contributed by atoms with Gasteiger partial charge in [0.25, 0.3) is 0 Å². The van der Waals surface area contributed by atoms with Gasteiger partial charge in [0.15, 0.2) is 0 Å². The molecule has 3 heteroatoms. The molecule has 0 aromatic carbocycles. The highest BCUT2D eigenvalue weighted by Gasteiger charge is 2.04. The Morgan fingerprint density at radius 3 is 2.80 bits per heavy atom. The number of aromatic nitrogens is 1. The number of pyridine rings is 1. The maximum absolute atomic E-state index is 9.08. The van der Waals surface area contributed by atoms with Crippen molar-refractivity contribution >= 4 is 11.6 Å². The Morgan fingerprint density at radius 1 is 1.70 bits per heavy atom. The van der Waals surface area contributed by atoms with Crippen LogP contribution in [0.5, 0.6) is 0 Å². The number of hydrogen-bond acceptors (Lipinski definition) is 2. The zero-order chi connectivity index (χ0) is 7.56. The Morgan fingerprint density at radius 2 is 2.40 bits per heavy atom. The van der Waals surface area contributed by atoms with Gasteiger partial charge < -0.3 is 5.11 Å². The second kappa shape index (κ2) is 2.99. The third kappa shape index (κ3) is 1.46. The van der Waals surface area contributed by atoms with Gasteiger partial charge in [-0.1, -0.05) is 17.7 Å². The van der Waals surface area contributed by atoms with Gasteiger partial charge in [-0.3, -0.25) is 0 Å². The van der Waals surface area contributed by atoms with Gasteiger partial charge in [0.05, 0.1) is 6.10 Å². The van der Waals surface area contributed by atoms with Crippen LogP contribution < -0.4 is 0 Å². The van der Waals surface area contributed by atoms with E-state index in [0.717, 1.165) is 0 Å². The van der Waals surface area contributed by atoms with Gasteiger partial charge >= 0.3 is 0 Å². The van der Waals surface area contributed by atoms with Gasteiger partial charge in [-0.2, -0.15) is 0 Å². The first-order chi connectivity index (χ1) is 4.72. The van der Waals surface area contributed by atoms with E-state index in [0.29, 0.717) is 10.7 Å². The van der Waals surface area contributed by atoms with Crippen molar-refractivity contribution in [3.05, 3.63) is 29.0 Å². The van der Waals surface area contributed by atoms with Crippen LogP contribution >= 0.6 is 11.6 Å². The Balaban J connectivity index is 3.03. The summed E-state index contributed by atoms with van der Waals surface area (Å²) in [7, 11) is 0. The van der Waals surface area contributed by atoms with Crippen molar-refractivity contribution in [2.75, 3.05) is 0 Å². The van der Waals surface area contributed by atoms with Crippen LogP contribution in [-0.4, -0.2) is 10.1 Å². The van der Waals surface area contributed by atoms with Crippen molar-refractivity contribution in [1.29, 1.82) is 0 Å². The van der Waals surface area contributed by atoms with Crippen molar-refractivity contribution < 1.29 is 5.11 Å². The van der Waals surface area contributed by atoms with Crippen LogP contribution in [0.15, 0.2) is 18.3 Å². The van der Waals surface area contributed by atoms with Crippen molar-refractivity contribution in [1.82, 2.24) is 4.98 Å². The van der Waals surface area contributed by atoms with Gasteiger partial charge in [0.2, 0.25) is 0 Å². The summed E-state index contributed by atoms with van der Waals surface area (Å²) < 4.78 is 0. The molecule has 54 valence electrons. The topological polar surface area (TPSA) is 33.1 Å². The minimum absolute atomic E-state index is 0.373. The molecule has 0 radical (unpaired) electrons. The minimum Gasteiger partial charge on any atom is -0.389 e. The van der Waals surface area contributed by atoms with Crippen LogP contribution in [0.25, 0.3) is 0 Å². The van der Waals surface area contributed by atoms with Crippen LogP contribution in [-0.2, 0) is 0 Å². The van der Waals surface area contributed by atoms with Crippen molar-refractivity contribution in [2.24, 2.45) is 0 Å². The van der Waals surface area contributed by atoms with Crippen LogP contribution in [0.3, 0.4) is 0 Å². The molecule has 0 saturated heterocycles. The summed E-state index contributed by atoms with van der Waals surface area (Å²) in [5.41, 5.74) is 0.671. The standard InChI is InChI=1S/C7H8ClNO/c1-5(10)6-3-2-4-9-7(6)8/h2-5,10H,1H3. The van der Waals surface area contributed by atoms with Gasteiger partial charge in [0.1, 0.15) is 5.15 Å². The molecule has 1 N–H and O–H groups in total. The van der Waals surface area contributed by atoms with E-state index in [4.69, 9.17) is 16.7 Å². The molecule has 0 aliphatic heterocycles. The second-order valence-corrected chi connectivity index (χ2v) is 2.42. The van der Waals surface area contributed by atoms with Crippen molar-refractivity contribution in [3.8, 4) is 0 Å². The first-order valence-corrected chi connectivity index (χ1v) is 3.38. The lowest BCUT2D eigenvalue weighted by Crippen LogP contribution is -1.92. The largest absolute Gasteiger partial charge is 0.389 e. The first-order valence-electron chi connectivity index (χ1n) is 3.00. The third-order valence-electron chi connectivity index (χ3n) is 1.24. The molecule has 0 fully saturated rings. The molecule has 2 nitrogen and oxygen atoms in total. The molecule has 1 atom stereocenters. The van der Waals surface area contributed by atoms with Gasteiger partial charge in [-0.25, -0.2) is 4.98 Å². The SMILES string of the molecule is CC(O)c1cccnc1Cl. The van der Waals surface area contributed by atoms with E-state index in [1.165, 1.54) is 0 Å². The maximum atomic E-state index is 9.08. The lowest BCUT2D eigenvalue weighted by Gasteiger charge is -2.03. The normalized spacial score (nSPS) is 13.1. The Labute approximate surface area is 64.5 Å². The Kier molecular flexibility index (Phi) is 2.25. The molecular formula is C7H8ClNO. The molecule has 1 rings (SSSR count). The van der Waals surface area contributed by atoms with E-state index in [1.54, 1.807) is 25.3 Å². The summed E-state index contributed by atoms with van der Waals surface area (Å²) in [5, 5.41) is 9.45. The highest BCUT2D eigenvalue weighted by Crippen LogP contribution is 2.18. The average molecular weight is 158 g/mol. The zero-order valence-corrected chi connectivity index (χ0v) is 6.34. The molecule has 0 aliphatic rings. The van der Waals surface area contributed by atoms with E-state index >= 15 is 0 Å². The molecule has 1 aromatic rings. The van der Waals surface area contributed by atoms with Crippen LogP contribution in [0.2, 0.25) is 5.15 Å². The molecule has 1 aromatic heterocycles. The minimum atomic E-state index is -0.541. The summed E-state index contributed by atoms with van der Waals surface area (Å²) in [4.78, 5) is 3.81. The average Bonchev–Trinajstić information content (AvgIpc) is 1.88. The predicted octanol–water partition coefficient (Wildman–Crippen LogP) is 1.79. The second-order valence-electron chi connectivity index (χ2n) is 2.06. The molecule has 1 unspecified atom stereocenters. The van der Waals surface area contributed by atoms with E-state index in [1.807, 2.05) is 0 Å². The van der Waals surface area contributed by atoms with Gasteiger partial charge in [-0.05, 0) is 13.0 Å². The smallest absolute Gasteiger partial charge is 0.134 e. The molecule has 0 spiro atoms. The molecule has 10 heavy (non-hydrogen) atoms.